The normalized spacial score (nSPS) is 19.3. The largest absolute Gasteiger partial charge is 0.378 e. The molecule has 1 unspecified atom stereocenters. The van der Waals surface area contributed by atoms with Gasteiger partial charge in [0.1, 0.15) is 5.82 Å². The summed E-state index contributed by atoms with van der Waals surface area (Å²) >= 11 is 3.24. The summed E-state index contributed by atoms with van der Waals surface area (Å²) in [7, 11) is 3.72. The van der Waals surface area contributed by atoms with E-state index in [4.69, 9.17) is 4.74 Å². The Bertz CT molecular complexity index is 415. The van der Waals surface area contributed by atoms with Crippen molar-refractivity contribution in [3.05, 3.63) is 34.1 Å². The van der Waals surface area contributed by atoms with Gasteiger partial charge in [-0.1, -0.05) is 6.07 Å². The molecule has 1 aliphatic carbocycles. The Hall–Kier alpha value is -0.450. The second-order valence-electron chi connectivity index (χ2n) is 4.96. The van der Waals surface area contributed by atoms with Crippen molar-refractivity contribution >= 4 is 15.9 Å². The van der Waals surface area contributed by atoms with Gasteiger partial charge < -0.3 is 10.1 Å². The third-order valence-electron chi connectivity index (χ3n) is 3.97. The molecule has 1 N–H and O–H groups in total. The van der Waals surface area contributed by atoms with Crippen LogP contribution in [0.4, 0.5) is 4.39 Å². The van der Waals surface area contributed by atoms with E-state index in [1.54, 1.807) is 7.11 Å². The number of nitrogens with one attached hydrogen (secondary N) is 1. The molecule has 0 radical (unpaired) electrons. The first-order chi connectivity index (χ1) is 8.60. The van der Waals surface area contributed by atoms with Crippen molar-refractivity contribution < 1.29 is 9.13 Å². The van der Waals surface area contributed by atoms with E-state index in [-0.39, 0.29) is 17.5 Å². The highest BCUT2D eigenvalue weighted by atomic mass is 79.9. The van der Waals surface area contributed by atoms with E-state index in [2.05, 4.69) is 21.2 Å². The molecule has 100 valence electrons. The minimum Gasteiger partial charge on any atom is -0.378 e. The van der Waals surface area contributed by atoms with Gasteiger partial charge in [0.25, 0.3) is 0 Å². The van der Waals surface area contributed by atoms with Gasteiger partial charge in [-0.25, -0.2) is 4.39 Å². The molecular weight excluding hydrogens is 297 g/mol. The van der Waals surface area contributed by atoms with Crippen LogP contribution in [0.2, 0.25) is 0 Å². The van der Waals surface area contributed by atoms with Gasteiger partial charge in [-0.05, 0) is 66.4 Å². The molecule has 0 amide bonds. The predicted octanol–water partition coefficient (Wildman–Crippen LogP) is 3.81. The second kappa shape index (κ2) is 5.68. The van der Waals surface area contributed by atoms with Crippen LogP contribution >= 0.6 is 15.9 Å². The van der Waals surface area contributed by atoms with Gasteiger partial charge in [0.05, 0.1) is 10.1 Å². The maximum atomic E-state index is 13.3. The van der Waals surface area contributed by atoms with Crippen molar-refractivity contribution in [3.8, 4) is 0 Å². The topological polar surface area (TPSA) is 21.3 Å². The minimum atomic E-state index is -0.223. The number of methoxy groups -OCH3 is 1. The van der Waals surface area contributed by atoms with E-state index in [0.29, 0.717) is 4.47 Å². The van der Waals surface area contributed by atoms with E-state index in [1.165, 1.54) is 12.5 Å². The number of rotatable bonds is 5. The van der Waals surface area contributed by atoms with Crippen LogP contribution in [0.25, 0.3) is 0 Å². The third-order valence-corrected chi connectivity index (χ3v) is 4.58. The Kier molecular flexibility index (Phi) is 4.41. The molecule has 0 spiro atoms. The number of hydrogen-bond donors (Lipinski definition) is 1. The molecule has 0 heterocycles. The molecule has 18 heavy (non-hydrogen) atoms. The van der Waals surface area contributed by atoms with Crippen molar-refractivity contribution in [3.63, 3.8) is 0 Å². The summed E-state index contributed by atoms with van der Waals surface area (Å²) in [6.07, 6.45) is 4.39. The maximum Gasteiger partial charge on any atom is 0.137 e. The SMILES string of the molecule is CNC(CC1(OC)CCC1)c1ccc(F)c(Br)c1. The lowest BCUT2D eigenvalue weighted by Gasteiger charge is -2.43. The minimum absolute atomic E-state index is 0.00847. The molecule has 2 rings (SSSR count). The fourth-order valence-electron chi connectivity index (χ4n) is 2.55. The van der Waals surface area contributed by atoms with Gasteiger partial charge in [0.2, 0.25) is 0 Å². The molecule has 1 saturated carbocycles. The third kappa shape index (κ3) is 2.76. The fraction of sp³-hybridized carbons (Fsp3) is 0.571. The lowest BCUT2D eigenvalue weighted by Crippen LogP contribution is -2.42. The van der Waals surface area contributed by atoms with E-state index in [0.717, 1.165) is 24.8 Å². The smallest absolute Gasteiger partial charge is 0.137 e. The molecule has 0 saturated heterocycles. The predicted molar refractivity (Wildman–Crippen MR) is 74.1 cm³/mol. The zero-order chi connectivity index (χ0) is 13.2. The van der Waals surface area contributed by atoms with Crippen LogP contribution in [-0.2, 0) is 4.74 Å². The summed E-state index contributed by atoms with van der Waals surface area (Å²) < 4.78 is 19.4. The monoisotopic (exact) mass is 315 g/mol. The second-order valence-corrected chi connectivity index (χ2v) is 5.81. The van der Waals surface area contributed by atoms with Crippen LogP contribution in [0, 0.1) is 5.82 Å². The number of ether oxygens (including phenoxy) is 1. The van der Waals surface area contributed by atoms with Gasteiger partial charge in [0, 0.05) is 13.2 Å². The number of benzene rings is 1. The first kappa shape index (κ1) is 14.0. The first-order valence-corrected chi connectivity index (χ1v) is 7.07. The Morgan fingerprint density at radius 1 is 1.50 bits per heavy atom. The highest BCUT2D eigenvalue weighted by Crippen LogP contribution is 2.42. The number of hydrogen-bond acceptors (Lipinski definition) is 2. The summed E-state index contributed by atoms with van der Waals surface area (Å²) in [6, 6.07) is 5.38. The van der Waals surface area contributed by atoms with E-state index >= 15 is 0 Å². The Labute approximate surface area is 116 Å². The standard InChI is InChI=1S/C14H19BrFNO/c1-17-13(9-14(18-2)6-3-7-14)10-4-5-12(16)11(15)8-10/h4-5,8,13,17H,3,6-7,9H2,1-2H3. The quantitative estimate of drug-likeness (QED) is 0.892. The summed E-state index contributed by atoms with van der Waals surface area (Å²) in [6.45, 7) is 0. The Balaban J connectivity index is 2.14. The fourth-order valence-corrected chi connectivity index (χ4v) is 2.95. The van der Waals surface area contributed by atoms with Crippen LogP contribution in [-0.4, -0.2) is 19.8 Å². The summed E-state index contributed by atoms with van der Waals surface area (Å²) in [4.78, 5) is 0. The summed E-state index contributed by atoms with van der Waals surface area (Å²) in [5, 5.41) is 3.30. The molecule has 1 atom stereocenters. The van der Waals surface area contributed by atoms with Gasteiger partial charge in [-0.2, -0.15) is 0 Å². The van der Waals surface area contributed by atoms with Crippen LogP contribution in [0.3, 0.4) is 0 Å². The van der Waals surface area contributed by atoms with Crippen molar-refractivity contribution in [1.82, 2.24) is 5.32 Å². The van der Waals surface area contributed by atoms with Crippen molar-refractivity contribution in [2.24, 2.45) is 0 Å². The highest BCUT2D eigenvalue weighted by Gasteiger charge is 2.39. The van der Waals surface area contributed by atoms with Crippen LogP contribution < -0.4 is 5.32 Å². The lowest BCUT2D eigenvalue weighted by molar-refractivity contribution is -0.0834. The van der Waals surface area contributed by atoms with Gasteiger partial charge in [0.15, 0.2) is 0 Å². The van der Waals surface area contributed by atoms with Crippen LogP contribution in [0.15, 0.2) is 22.7 Å². The molecule has 1 aliphatic rings. The van der Waals surface area contributed by atoms with Crippen LogP contribution in [0.5, 0.6) is 0 Å². The molecular formula is C14H19BrFNO. The maximum absolute atomic E-state index is 13.3. The van der Waals surface area contributed by atoms with Crippen molar-refractivity contribution in [2.45, 2.75) is 37.3 Å². The lowest BCUT2D eigenvalue weighted by atomic mass is 9.74. The Morgan fingerprint density at radius 2 is 2.22 bits per heavy atom. The van der Waals surface area contributed by atoms with E-state index < -0.39 is 0 Å². The molecule has 4 heteroatoms. The number of halogens is 2. The molecule has 0 aromatic heterocycles. The highest BCUT2D eigenvalue weighted by molar-refractivity contribution is 9.10. The average Bonchev–Trinajstić information content (AvgIpc) is 2.33. The summed E-state index contributed by atoms with van der Waals surface area (Å²) in [5.74, 6) is -0.223. The average molecular weight is 316 g/mol. The van der Waals surface area contributed by atoms with E-state index in [9.17, 15) is 4.39 Å². The molecule has 1 aromatic carbocycles. The van der Waals surface area contributed by atoms with Gasteiger partial charge >= 0.3 is 0 Å². The molecule has 0 bridgehead atoms. The summed E-state index contributed by atoms with van der Waals surface area (Å²) in [5.41, 5.74) is 1.10. The van der Waals surface area contributed by atoms with Gasteiger partial charge in [-0.3, -0.25) is 0 Å². The van der Waals surface area contributed by atoms with Crippen LogP contribution in [0.1, 0.15) is 37.3 Å². The molecule has 1 fully saturated rings. The molecule has 0 aliphatic heterocycles. The van der Waals surface area contributed by atoms with Gasteiger partial charge in [-0.15, -0.1) is 0 Å². The van der Waals surface area contributed by atoms with Crippen molar-refractivity contribution in [1.29, 1.82) is 0 Å². The first-order valence-electron chi connectivity index (χ1n) is 6.27. The molecule has 1 aromatic rings. The Morgan fingerprint density at radius 3 is 2.67 bits per heavy atom. The zero-order valence-electron chi connectivity index (χ0n) is 10.8. The molecule has 2 nitrogen and oxygen atoms in total. The zero-order valence-corrected chi connectivity index (χ0v) is 12.4. The van der Waals surface area contributed by atoms with E-state index in [1.807, 2.05) is 19.2 Å². The van der Waals surface area contributed by atoms with Crippen molar-refractivity contribution in [2.75, 3.05) is 14.2 Å².